The van der Waals surface area contributed by atoms with Crippen LogP contribution in [0.25, 0.3) is 22.7 Å². The Bertz CT molecular complexity index is 1040. The molecule has 5 nitrogen and oxygen atoms in total. The van der Waals surface area contributed by atoms with Gasteiger partial charge in [0.15, 0.2) is 11.5 Å². The number of hydrogen-bond donors (Lipinski definition) is 1. The number of nitrogens with one attached hydrogen (secondary N) is 1. The highest BCUT2D eigenvalue weighted by Crippen LogP contribution is 2.37. The van der Waals surface area contributed by atoms with Gasteiger partial charge in [0, 0.05) is 0 Å². The number of benzene rings is 2. The normalized spacial score (nSPS) is 11.4. The van der Waals surface area contributed by atoms with Crippen LogP contribution < -0.4 is 9.47 Å². The van der Waals surface area contributed by atoms with Gasteiger partial charge in [-0.1, -0.05) is 0 Å². The second-order valence-electron chi connectivity index (χ2n) is 5.38. The first-order valence-corrected chi connectivity index (χ1v) is 8.62. The fraction of sp³-hybridized carbons (Fsp3) is 0.158. The van der Waals surface area contributed by atoms with Crippen molar-refractivity contribution in [2.45, 2.75) is 6.92 Å². The molecule has 0 atom stereocenters. The lowest BCUT2D eigenvalue weighted by molar-refractivity contribution is 0.310. The maximum atomic E-state index is 13.4. The van der Waals surface area contributed by atoms with Gasteiger partial charge in [0.2, 0.25) is 0 Å². The zero-order chi connectivity index (χ0) is 18.7. The molecule has 7 heteroatoms. The molecule has 0 bridgehead atoms. The Labute approximate surface area is 158 Å². The predicted octanol–water partition coefficient (Wildman–Crippen LogP) is 4.94. The maximum absolute atomic E-state index is 13.4. The van der Waals surface area contributed by atoms with E-state index in [2.05, 4.69) is 32.0 Å². The van der Waals surface area contributed by atoms with Crippen LogP contribution in [0.15, 0.2) is 34.8 Å². The molecule has 1 aromatic heterocycles. The number of H-pyrrole nitrogens is 1. The predicted molar refractivity (Wildman–Crippen MR) is 101 cm³/mol. The highest BCUT2D eigenvalue weighted by Gasteiger charge is 2.13. The summed E-state index contributed by atoms with van der Waals surface area (Å²) in [6.45, 7) is 2.36. The molecule has 0 aliphatic heterocycles. The summed E-state index contributed by atoms with van der Waals surface area (Å²) in [7, 11) is 1.56. The molecule has 3 rings (SSSR count). The second kappa shape index (κ2) is 7.58. The maximum Gasteiger partial charge on any atom is 0.174 e. The minimum Gasteiger partial charge on any atom is -0.492 e. The summed E-state index contributed by atoms with van der Waals surface area (Å²) in [5, 5.41) is 9.54. The largest absolute Gasteiger partial charge is 0.492 e. The van der Waals surface area contributed by atoms with E-state index in [0.29, 0.717) is 45.0 Å². The third-order valence-electron chi connectivity index (χ3n) is 3.67. The summed E-state index contributed by atoms with van der Waals surface area (Å²) in [4.78, 5) is 7.33. The molecule has 2 aromatic carbocycles. The summed E-state index contributed by atoms with van der Waals surface area (Å²) < 4.78 is 25.0. The van der Waals surface area contributed by atoms with Gasteiger partial charge in [-0.15, -0.1) is 0 Å². The molecule has 0 saturated heterocycles. The van der Waals surface area contributed by atoms with E-state index in [1.165, 1.54) is 12.1 Å². The first-order valence-electron chi connectivity index (χ1n) is 7.83. The van der Waals surface area contributed by atoms with E-state index in [1.54, 1.807) is 25.3 Å². The zero-order valence-corrected chi connectivity index (χ0v) is 15.7. The molecular weight excluding hydrogens is 401 g/mol. The Morgan fingerprint density at radius 1 is 1.38 bits per heavy atom. The molecule has 26 heavy (non-hydrogen) atoms. The van der Waals surface area contributed by atoms with Crippen LogP contribution in [-0.2, 0) is 0 Å². The monoisotopic (exact) mass is 415 g/mol. The van der Waals surface area contributed by atoms with Crippen molar-refractivity contribution in [1.29, 1.82) is 5.26 Å². The second-order valence-corrected chi connectivity index (χ2v) is 6.24. The number of nitriles is 1. The lowest BCUT2D eigenvalue weighted by Gasteiger charge is -2.12. The third-order valence-corrected chi connectivity index (χ3v) is 4.26. The van der Waals surface area contributed by atoms with Crippen LogP contribution in [-0.4, -0.2) is 23.7 Å². The fourth-order valence-corrected chi connectivity index (χ4v) is 3.18. The molecule has 0 saturated carbocycles. The van der Waals surface area contributed by atoms with E-state index < -0.39 is 0 Å². The molecule has 0 aliphatic rings. The summed E-state index contributed by atoms with van der Waals surface area (Å²) in [5.74, 6) is 1.16. The van der Waals surface area contributed by atoms with Crippen molar-refractivity contribution in [3.8, 4) is 17.6 Å². The van der Waals surface area contributed by atoms with Gasteiger partial charge in [0.1, 0.15) is 17.7 Å². The number of nitrogens with zero attached hydrogens (tertiary/aromatic N) is 2. The van der Waals surface area contributed by atoms with E-state index in [-0.39, 0.29) is 5.82 Å². The molecule has 0 fully saturated rings. The van der Waals surface area contributed by atoms with E-state index in [0.717, 1.165) is 5.56 Å². The van der Waals surface area contributed by atoms with E-state index in [4.69, 9.17) is 9.47 Å². The van der Waals surface area contributed by atoms with Crippen LogP contribution in [0.3, 0.4) is 0 Å². The van der Waals surface area contributed by atoms with Crippen molar-refractivity contribution < 1.29 is 13.9 Å². The van der Waals surface area contributed by atoms with Gasteiger partial charge in [-0.3, -0.25) is 0 Å². The standard InChI is InChI=1S/C19H15BrFN3O2/c1-3-26-17-8-11(7-14(20)18(17)25-2)6-12(10-22)19-23-15-5-4-13(21)9-16(15)24-19/h4-9H,3H2,1-2H3,(H,23,24)/b12-6-. The van der Waals surface area contributed by atoms with Gasteiger partial charge in [-0.25, -0.2) is 9.37 Å². The van der Waals surface area contributed by atoms with Crippen molar-refractivity contribution in [3.63, 3.8) is 0 Å². The topological polar surface area (TPSA) is 70.9 Å². The summed E-state index contributed by atoms with van der Waals surface area (Å²) in [5.41, 5.74) is 2.19. The lowest BCUT2D eigenvalue weighted by Crippen LogP contribution is -1.97. The number of rotatable bonds is 5. The number of hydrogen-bond acceptors (Lipinski definition) is 4. The smallest absolute Gasteiger partial charge is 0.174 e. The number of methoxy groups -OCH3 is 1. The molecule has 1 heterocycles. The Morgan fingerprint density at radius 2 is 2.19 bits per heavy atom. The van der Waals surface area contributed by atoms with Gasteiger partial charge in [0.25, 0.3) is 0 Å². The fourth-order valence-electron chi connectivity index (χ4n) is 2.56. The highest BCUT2D eigenvalue weighted by molar-refractivity contribution is 9.10. The van der Waals surface area contributed by atoms with Crippen LogP contribution in [0.2, 0.25) is 0 Å². The molecular formula is C19H15BrFN3O2. The van der Waals surface area contributed by atoms with Crippen LogP contribution in [0.1, 0.15) is 18.3 Å². The minimum atomic E-state index is -0.365. The number of ether oxygens (including phenoxy) is 2. The first kappa shape index (κ1) is 18.0. The van der Waals surface area contributed by atoms with Crippen LogP contribution >= 0.6 is 15.9 Å². The molecule has 132 valence electrons. The van der Waals surface area contributed by atoms with Crippen LogP contribution in [0.4, 0.5) is 4.39 Å². The number of imidazole rings is 1. The number of allylic oxidation sites excluding steroid dienone is 1. The molecule has 3 aromatic rings. The van der Waals surface area contributed by atoms with E-state index >= 15 is 0 Å². The lowest BCUT2D eigenvalue weighted by atomic mass is 10.1. The highest BCUT2D eigenvalue weighted by atomic mass is 79.9. The van der Waals surface area contributed by atoms with Crippen molar-refractivity contribution in [3.05, 3.63) is 52.0 Å². The Kier molecular flexibility index (Phi) is 5.24. The number of fused-ring (bicyclic) bond motifs is 1. The molecule has 0 unspecified atom stereocenters. The zero-order valence-electron chi connectivity index (χ0n) is 14.1. The number of aromatic nitrogens is 2. The van der Waals surface area contributed by atoms with E-state index in [9.17, 15) is 9.65 Å². The molecule has 1 N–H and O–H groups in total. The van der Waals surface area contributed by atoms with Gasteiger partial charge in [-0.05, 0) is 64.8 Å². The summed E-state index contributed by atoms with van der Waals surface area (Å²) >= 11 is 3.45. The molecule has 0 amide bonds. The number of aromatic amines is 1. The Hall–Kier alpha value is -2.85. The van der Waals surface area contributed by atoms with Gasteiger partial charge in [-0.2, -0.15) is 5.26 Å². The van der Waals surface area contributed by atoms with E-state index in [1.807, 2.05) is 13.0 Å². The quantitative estimate of drug-likeness (QED) is 0.599. The number of halogens is 2. The van der Waals surface area contributed by atoms with Crippen molar-refractivity contribution in [2.24, 2.45) is 0 Å². The molecule has 0 spiro atoms. The van der Waals surface area contributed by atoms with Gasteiger partial charge in [0.05, 0.1) is 34.8 Å². The SMILES string of the molecule is CCOc1cc(/C=C(/C#N)c2nc3ccc(F)cc3[nH]2)cc(Br)c1OC. The van der Waals surface area contributed by atoms with Crippen molar-refractivity contribution in [2.75, 3.05) is 13.7 Å². The third kappa shape index (κ3) is 3.55. The average molecular weight is 416 g/mol. The average Bonchev–Trinajstić information content (AvgIpc) is 3.02. The van der Waals surface area contributed by atoms with Crippen molar-refractivity contribution >= 4 is 38.6 Å². The molecule has 0 radical (unpaired) electrons. The first-order chi connectivity index (χ1) is 12.5. The van der Waals surface area contributed by atoms with Gasteiger partial charge < -0.3 is 14.5 Å². The minimum absolute atomic E-state index is 0.320. The van der Waals surface area contributed by atoms with Crippen molar-refractivity contribution in [1.82, 2.24) is 9.97 Å². The van der Waals surface area contributed by atoms with Crippen LogP contribution in [0.5, 0.6) is 11.5 Å². The Morgan fingerprint density at radius 3 is 2.88 bits per heavy atom. The summed E-state index contributed by atoms with van der Waals surface area (Å²) in [6.07, 6.45) is 1.68. The molecule has 0 aliphatic carbocycles. The Balaban J connectivity index is 2.07. The van der Waals surface area contributed by atoms with Gasteiger partial charge >= 0.3 is 0 Å². The van der Waals surface area contributed by atoms with Crippen LogP contribution in [0, 0.1) is 17.1 Å². The summed E-state index contributed by atoms with van der Waals surface area (Å²) in [6, 6.07) is 9.98.